The maximum Gasteiger partial charge on any atom is 0.231 e. The Morgan fingerprint density at radius 1 is 1.47 bits per heavy atom. The fourth-order valence-electron chi connectivity index (χ4n) is 1.56. The van der Waals surface area contributed by atoms with Crippen LogP contribution in [0.15, 0.2) is 12.1 Å². The number of ether oxygens (including phenoxy) is 2. The van der Waals surface area contributed by atoms with Gasteiger partial charge in [0.25, 0.3) is 0 Å². The highest BCUT2D eigenvalue weighted by atomic mass is 35.5. The summed E-state index contributed by atoms with van der Waals surface area (Å²) >= 11 is 7.96. The van der Waals surface area contributed by atoms with Crippen molar-refractivity contribution in [1.82, 2.24) is 0 Å². The second-order valence-corrected chi connectivity index (χ2v) is 5.64. The third kappa shape index (κ3) is 3.44. The van der Waals surface area contributed by atoms with Crippen molar-refractivity contribution in [2.24, 2.45) is 5.73 Å². The zero-order chi connectivity index (χ0) is 12.3. The predicted octanol–water partition coefficient (Wildman–Crippen LogP) is 3.04. The van der Waals surface area contributed by atoms with Gasteiger partial charge in [0, 0.05) is 11.8 Å². The molecule has 17 heavy (non-hydrogen) atoms. The molecule has 5 heteroatoms. The van der Waals surface area contributed by atoms with Gasteiger partial charge >= 0.3 is 0 Å². The minimum absolute atomic E-state index is 0.260. The highest BCUT2D eigenvalue weighted by Crippen LogP contribution is 2.40. The van der Waals surface area contributed by atoms with E-state index in [1.807, 2.05) is 30.8 Å². The van der Waals surface area contributed by atoms with Gasteiger partial charge in [0.05, 0.1) is 5.02 Å². The van der Waals surface area contributed by atoms with E-state index in [0.29, 0.717) is 10.8 Å². The molecule has 0 saturated carbocycles. The first kappa shape index (κ1) is 12.9. The summed E-state index contributed by atoms with van der Waals surface area (Å²) in [5, 5.41) is 0.628. The van der Waals surface area contributed by atoms with E-state index in [9.17, 15) is 0 Å². The van der Waals surface area contributed by atoms with Gasteiger partial charge in [0.15, 0.2) is 11.5 Å². The standard InChI is InChI=1S/C12H16ClNO2S/c1-8(14)2-3-17-6-9-4-10(13)12-11(5-9)15-7-16-12/h4-5,8H,2-3,6-7,14H2,1H3. The van der Waals surface area contributed by atoms with E-state index in [2.05, 4.69) is 0 Å². The minimum Gasteiger partial charge on any atom is -0.454 e. The number of nitrogens with two attached hydrogens (primary N) is 1. The van der Waals surface area contributed by atoms with Gasteiger partial charge in [-0.05, 0) is 36.8 Å². The molecule has 0 aliphatic carbocycles. The van der Waals surface area contributed by atoms with Crippen LogP contribution in [0.4, 0.5) is 0 Å². The molecule has 2 N–H and O–H groups in total. The van der Waals surface area contributed by atoms with Crippen LogP contribution in [0.5, 0.6) is 11.5 Å². The molecular weight excluding hydrogens is 258 g/mol. The van der Waals surface area contributed by atoms with Crippen LogP contribution in [0.2, 0.25) is 5.02 Å². The lowest BCUT2D eigenvalue weighted by atomic mass is 10.2. The monoisotopic (exact) mass is 273 g/mol. The van der Waals surface area contributed by atoms with E-state index in [4.69, 9.17) is 26.8 Å². The van der Waals surface area contributed by atoms with Gasteiger partial charge in [0.1, 0.15) is 0 Å². The summed E-state index contributed by atoms with van der Waals surface area (Å²) in [5.41, 5.74) is 6.86. The first-order valence-corrected chi connectivity index (χ1v) is 7.11. The van der Waals surface area contributed by atoms with Crippen molar-refractivity contribution in [3.63, 3.8) is 0 Å². The number of hydrogen-bond acceptors (Lipinski definition) is 4. The van der Waals surface area contributed by atoms with E-state index < -0.39 is 0 Å². The quantitative estimate of drug-likeness (QED) is 0.838. The van der Waals surface area contributed by atoms with Gasteiger partial charge in [-0.15, -0.1) is 0 Å². The van der Waals surface area contributed by atoms with Gasteiger partial charge in [-0.1, -0.05) is 11.6 Å². The molecule has 0 radical (unpaired) electrons. The Balaban J connectivity index is 1.91. The molecule has 2 rings (SSSR count). The van der Waals surface area contributed by atoms with Crippen LogP contribution in [0, 0.1) is 0 Å². The van der Waals surface area contributed by atoms with Crippen molar-refractivity contribution in [3.05, 3.63) is 22.7 Å². The van der Waals surface area contributed by atoms with Gasteiger partial charge in [0.2, 0.25) is 6.79 Å². The molecule has 0 aromatic heterocycles. The summed E-state index contributed by atoms with van der Waals surface area (Å²) in [6.45, 7) is 2.29. The summed E-state index contributed by atoms with van der Waals surface area (Å²) < 4.78 is 10.6. The fourth-order valence-corrected chi connectivity index (χ4v) is 2.94. The number of rotatable bonds is 5. The number of thioether (sulfide) groups is 1. The molecule has 1 unspecified atom stereocenters. The molecule has 0 amide bonds. The fraction of sp³-hybridized carbons (Fsp3) is 0.500. The molecule has 1 aromatic carbocycles. The van der Waals surface area contributed by atoms with Crippen molar-refractivity contribution < 1.29 is 9.47 Å². The largest absolute Gasteiger partial charge is 0.454 e. The van der Waals surface area contributed by atoms with Gasteiger partial charge in [-0.2, -0.15) is 11.8 Å². The molecule has 3 nitrogen and oxygen atoms in total. The maximum absolute atomic E-state index is 6.10. The first-order chi connectivity index (χ1) is 8.16. The molecule has 1 atom stereocenters. The highest BCUT2D eigenvalue weighted by Gasteiger charge is 2.18. The van der Waals surface area contributed by atoms with Crippen LogP contribution in [0.1, 0.15) is 18.9 Å². The SMILES string of the molecule is CC(N)CCSCc1cc(Cl)c2c(c1)OCO2. The van der Waals surface area contributed by atoms with Crippen LogP contribution in [-0.2, 0) is 5.75 Å². The number of benzene rings is 1. The number of fused-ring (bicyclic) bond motifs is 1. The van der Waals surface area contributed by atoms with Crippen LogP contribution in [0.3, 0.4) is 0 Å². The molecule has 1 aliphatic heterocycles. The van der Waals surface area contributed by atoms with E-state index >= 15 is 0 Å². The summed E-state index contributed by atoms with van der Waals surface area (Å²) in [6.07, 6.45) is 1.03. The van der Waals surface area contributed by atoms with Crippen LogP contribution in [0.25, 0.3) is 0 Å². The van der Waals surface area contributed by atoms with Gasteiger partial charge in [-0.25, -0.2) is 0 Å². The third-order valence-corrected chi connectivity index (χ3v) is 3.82. The van der Waals surface area contributed by atoms with Crippen molar-refractivity contribution in [1.29, 1.82) is 0 Å². The molecule has 1 heterocycles. The predicted molar refractivity (Wildman–Crippen MR) is 72.0 cm³/mol. The average molecular weight is 274 g/mol. The molecule has 0 saturated heterocycles. The highest BCUT2D eigenvalue weighted by molar-refractivity contribution is 7.98. The zero-order valence-electron chi connectivity index (χ0n) is 9.74. The number of hydrogen-bond donors (Lipinski definition) is 1. The van der Waals surface area contributed by atoms with Crippen molar-refractivity contribution in [2.45, 2.75) is 25.1 Å². The Hall–Kier alpha value is -0.580. The van der Waals surface area contributed by atoms with Crippen molar-refractivity contribution >= 4 is 23.4 Å². The maximum atomic E-state index is 6.10. The van der Waals surface area contributed by atoms with Gasteiger partial charge < -0.3 is 15.2 Å². The van der Waals surface area contributed by atoms with E-state index in [-0.39, 0.29) is 12.8 Å². The summed E-state index contributed by atoms with van der Waals surface area (Å²) in [4.78, 5) is 0. The third-order valence-electron chi connectivity index (χ3n) is 2.47. The van der Waals surface area contributed by atoms with Crippen molar-refractivity contribution in [3.8, 4) is 11.5 Å². The number of halogens is 1. The molecule has 0 fully saturated rings. The second kappa shape index (κ2) is 5.85. The Bertz CT molecular complexity index is 398. The minimum atomic E-state index is 0.260. The van der Waals surface area contributed by atoms with Crippen molar-refractivity contribution in [2.75, 3.05) is 12.5 Å². The lowest BCUT2D eigenvalue weighted by Crippen LogP contribution is -2.15. The molecule has 0 spiro atoms. The summed E-state index contributed by atoms with van der Waals surface area (Å²) in [7, 11) is 0. The Labute approximate surface area is 111 Å². The Morgan fingerprint density at radius 3 is 3.06 bits per heavy atom. The van der Waals surface area contributed by atoms with E-state index in [1.165, 1.54) is 0 Å². The molecule has 1 aliphatic rings. The lowest BCUT2D eigenvalue weighted by Gasteiger charge is -2.06. The topological polar surface area (TPSA) is 44.5 Å². The smallest absolute Gasteiger partial charge is 0.231 e. The van der Waals surface area contributed by atoms with Crippen LogP contribution < -0.4 is 15.2 Å². The normalized spacial score (nSPS) is 15.0. The first-order valence-electron chi connectivity index (χ1n) is 5.58. The van der Waals surface area contributed by atoms with E-state index in [0.717, 1.165) is 29.2 Å². The zero-order valence-corrected chi connectivity index (χ0v) is 11.3. The second-order valence-electron chi connectivity index (χ2n) is 4.13. The molecular formula is C12H16ClNO2S. The summed E-state index contributed by atoms with van der Waals surface area (Å²) in [6, 6.07) is 4.20. The average Bonchev–Trinajstić information content (AvgIpc) is 2.72. The Morgan fingerprint density at radius 2 is 2.29 bits per heavy atom. The molecule has 94 valence electrons. The van der Waals surface area contributed by atoms with Crippen LogP contribution in [-0.4, -0.2) is 18.6 Å². The van der Waals surface area contributed by atoms with Crippen LogP contribution >= 0.6 is 23.4 Å². The summed E-state index contributed by atoms with van der Waals surface area (Å²) in [5.74, 6) is 3.39. The Kier molecular flexibility index (Phi) is 4.42. The molecule has 1 aromatic rings. The molecule has 0 bridgehead atoms. The van der Waals surface area contributed by atoms with E-state index in [1.54, 1.807) is 0 Å². The van der Waals surface area contributed by atoms with Gasteiger partial charge in [-0.3, -0.25) is 0 Å². The lowest BCUT2D eigenvalue weighted by molar-refractivity contribution is 0.174.